The molecule has 18 heavy (non-hydrogen) atoms. The second-order valence-electron chi connectivity index (χ2n) is 5.73. The molecule has 0 amide bonds. The summed E-state index contributed by atoms with van der Waals surface area (Å²) in [7, 11) is 0. The van der Waals surface area contributed by atoms with Gasteiger partial charge >= 0.3 is 0 Å². The summed E-state index contributed by atoms with van der Waals surface area (Å²) >= 11 is 0. The zero-order chi connectivity index (χ0) is 12.4. The van der Waals surface area contributed by atoms with Crippen molar-refractivity contribution in [2.24, 2.45) is 5.92 Å². The summed E-state index contributed by atoms with van der Waals surface area (Å²) < 4.78 is 0. The molecule has 3 rings (SSSR count). The molecule has 0 bridgehead atoms. The number of H-pyrrole nitrogens is 1. The van der Waals surface area contributed by atoms with Gasteiger partial charge in [-0.05, 0) is 50.3 Å². The molecule has 2 aliphatic rings. The molecule has 0 spiro atoms. The van der Waals surface area contributed by atoms with E-state index in [1.165, 1.54) is 38.5 Å². The average Bonchev–Trinajstić information content (AvgIpc) is 3.11. The number of aromatic amines is 1. The number of nitrogens with zero attached hydrogens (tertiary/aromatic N) is 1. The van der Waals surface area contributed by atoms with Crippen molar-refractivity contribution in [2.45, 2.75) is 44.6 Å². The molecule has 1 saturated carbocycles. The van der Waals surface area contributed by atoms with Gasteiger partial charge in [0, 0.05) is 12.2 Å². The predicted molar refractivity (Wildman–Crippen MR) is 71.7 cm³/mol. The first-order valence-electron chi connectivity index (χ1n) is 7.25. The highest BCUT2D eigenvalue weighted by Gasteiger charge is 2.34. The standard InChI is InChI=1S/C15H22N2O/c18-15(13-7-3-9-16-13)11-17-10-4-8-14(17)12-5-1-2-6-12/h3,7,9,12,14,16H,1-2,4-6,8,10-11H2. The lowest BCUT2D eigenvalue weighted by Crippen LogP contribution is -2.38. The van der Waals surface area contributed by atoms with Crippen LogP contribution in [0.2, 0.25) is 0 Å². The maximum atomic E-state index is 12.1. The maximum absolute atomic E-state index is 12.1. The summed E-state index contributed by atoms with van der Waals surface area (Å²) in [6, 6.07) is 4.45. The van der Waals surface area contributed by atoms with Gasteiger partial charge in [-0.2, -0.15) is 0 Å². The van der Waals surface area contributed by atoms with E-state index in [0.29, 0.717) is 12.6 Å². The lowest BCUT2D eigenvalue weighted by molar-refractivity contribution is 0.0891. The molecule has 1 saturated heterocycles. The van der Waals surface area contributed by atoms with E-state index in [-0.39, 0.29) is 5.78 Å². The Morgan fingerprint density at radius 2 is 2.11 bits per heavy atom. The maximum Gasteiger partial charge on any atom is 0.192 e. The third-order valence-corrected chi connectivity index (χ3v) is 4.60. The van der Waals surface area contributed by atoms with E-state index >= 15 is 0 Å². The number of ketones is 1. The minimum absolute atomic E-state index is 0.241. The van der Waals surface area contributed by atoms with Crippen LogP contribution in [0.3, 0.4) is 0 Å². The van der Waals surface area contributed by atoms with Crippen LogP contribution in [0.15, 0.2) is 18.3 Å². The van der Waals surface area contributed by atoms with Crippen LogP contribution in [0.5, 0.6) is 0 Å². The number of likely N-dealkylation sites (tertiary alicyclic amines) is 1. The van der Waals surface area contributed by atoms with E-state index < -0.39 is 0 Å². The Labute approximate surface area is 109 Å². The van der Waals surface area contributed by atoms with Crippen molar-refractivity contribution in [2.75, 3.05) is 13.1 Å². The molecule has 1 unspecified atom stereocenters. The van der Waals surface area contributed by atoms with Crippen molar-refractivity contribution in [1.82, 2.24) is 9.88 Å². The molecule has 3 heteroatoms. The number of nitrogens with one attached hydrogen (secondary N) is 1. The van der Waals surface area contributed by atoms with Gasteiger partial charge in [0.25, 0.3) is 0 Å². The fraction of sp³-hybridized carbons (Fsp3) is 0.667. The summed E-state index contributed by atoms with van der Waals surface area (Å²) in [6.45, 7) is 1.70. The quantitative estimate of drug-likeness (QED) is 0.829. The number of carbonyl (C=O) groups is 1. The van der Waals surface area contributed by atoms with Crippen molar-refractivity contribution in [1.29, 1.82) is 0 Å². The van der Waals surface area contributed by atoms with Crippen molar-refractivity contribution < 1.29 is 4.79 Å². The SMILES string of the molecule is O=C(CN1CCCC1C1CCCC1)c1ccc[nH]1. The molecule has 1 aliphatic carbocycles. The number of hydrogen-bond acceptors (Lipinski definition) is 2. The zero-order valence-electron chi connectivity index (χ0n) is 10.9. The first kappa shape index (κ1) is 12.0. The highest BCUT2D eigenvalue weighted by Crippen LogP contribution is 2.35. The molecule has 2 heterocycles. The number of carbonyl (C=O) groups excluding carboxylic acids is 1. The van der Waals surface area contributed by atoms with Gasteiger partial charge in [-0.15, -0.1) is 0 Å². The van der Waals surface area contributed by atoms with Crippen LogP contribution in [-0.2, 0) is 0 Å². The lowest BCUT2D eigenvalue weighted by Gasteiger charge is -2.28. The third-order valence-electron chi connectivity index (χ3n) is 4.60. The van der Waals surface area contributed by atoms with Crippen LogP contribution in [0.25, 0.3) is 0 Å². The van der Waals surface area contributed by atoms with Crippen LogP contribution in [0.4, 0.5) is 0 Å². The Bertz CT molecular complexity index is 393. The highest BCUT2D eigenvalue weighted by atomic mass is 16.1. The summed E-state index contributed by atoms with van der Waals surface area (Å²) in [5, 5.41) is 0. The summed E-state index contributed by atoms with van der Waals surface area (Å²) in [5.41, 5.74) is 0.757. The summed E-state index contributed by atoms with van der Waals surface area (Å²) in [5.74, 6) is 1.09. The van der Waals surface area contributed by atoms with Crippen LogP contribution in [0.1, 0.15) is 49.0 Å². The van der Waals surface area contributed by atoms with Crippen molar-refractivity contribution in [3.05, 3.63) is 24.0 Å². The normalized spacial score (nSPS) is 25.9. The monoisotopic (exact) mass is 246 g/mol. The fourth-order valence-corrected chi connectivity index (χ4v) is 3.70. The average molecular weight is 246 g/mol. The van der Waals surface area contributed by atoms with Crippen LogP contribution < -0.4 is 0 Å². The Kier molecular flexibility index (Phi) is 3.50. The second-order valence-corrected chi connectivity index (χ2v) is 5.73. The Balaban J connectivity index is 1.62. The second kappa shape index (κ2) is 5.27. The van der Waals surface area contributed by atoms with Gasteiger partial charge in [0.2, 0.25) is 0 Å². The van der Waals surface area contributed by atoms with Crippen molar-refractivity contribution in [3.8, 4) is 0 Å². The van der Waals surface area contributed by atoms with E-state index in [1.807, 2.05) is 18.3 Å². The largest absolute Gasteiger partial charge is 0.359 e. The molecule has 1 N–H and O–H groups in total. The van der Waals surface area contributed by atoms with Gasteiger partial charge in [0.15, 0.2) is 5.78 Å². The molecule has 98 valence electrons. The molecular weight excluding hydrogens is 224 g/mol. The molecule has 0 radical (unpaired) electrons. The van der Waals surface area contributed by atoms with Crippen molar-refractivity contribution >= 4 is 5.78 Å². The number of hydrogen-bond donors (Lipinski definition) is 1. The number of aromatic nitrogens is 1. The molecule has 1 atom stereocenters. The van der Waals surface area contributed by atoms with Crippen LogP contribution in [-0.4, -0.2) is 34.8 Å². The van der Waals surface area contributed by atoms with Crippen LogP contribution in [0, 0.1) is 5.92 Å². The molecule has 1 aromatic rings. The van der Waals surface area contributed by atoms with E-state index in [2.05, 4.69) is 9.88 Å². The van der Waals surface area contributed by atoms with Gasteiger partial charge < -0.3 is 4.98 Å². The third kappa shape index (κ3) is 2.37. The number of Topliss-reactive ketones (excluding diaryl/α,β-unsaturated/α-hetero) is 1. The number of rotatable bonds is 4. The zero-order valence-corrected chi connectivity index (χ0v) is 10.9. The lowest BCUT2D eigenvalue weighted by atomic mass is 9.96. The van der Waals surface area contributed by atoms with E-state index in [9.17, 15) is 4.79 Å². The highest BCUT2D eigenvalue weighted by molar-refractivity contribution is 5.95. The van der Waals surface area contributed by atoms with Crippen LogP contribution >= 0.6 is 0 Å². The first-order chi connectivity index (χ1) is 8.84. The van der Waals surface area contributed by atoms with E-state index in [4.69, 9.17) is 0 Å². The smallest absolute Gasteiger partial charge is 0.192 e. The van der Waals surface area contributed by atoms with Crippen molar-refractivity contribution in [3.63, 3.8) is 0 Å². The topological polar surface area (TPSA) is 36.1 Å². The van der Waals surface area contributed by atoms with Gasteiger partial charge in [0.1, 0.15) is 0 Å². The summed E-state index contributed by atoms with van der Waals surface area (Å²) in [6.07, 6.45) is 9.91. The Hall–Kier alpha value is -1.09. The summed E-state index contributed by atoms with van der Waals surface area (Å²) in [4.78, 5) is 17.6. The Morgan fingerprint density at radius 3 is 2.83 bits per heavy atom. The Morgan fingerprint density at radius 1 is 1.28 bits per heavy atom. The molecular formula is C15H22N2O. The minimum Gasteiger partial charge on any atom is -0.359 e. The van der Waals surface area contributed by atoms with Gasteiger partial charge in [-0.3, -0.25) is 9.69 Å². The molecule has 1 aromatic heterocycles. The van der Waals surface area contributed by atoms with E-state index in [1.54, 1.807) is 0 Å². The fourth-order valence-electron chi connectivity index (χ4n) is 3.70. The molecule has 0 aromatic carbocycles. The van der Waals surface area contributed by atoms with E-state index in [0.717, 1.165) is 18.2 Å². The predicted octanol–water partition coefficient (Wildman–Crippen LogP) is 2.85. The van der Waals surface area contributed by atoms with Gasteiger partial charge in [-0.25, -0.2) is 0 Å². The molecule has 1 aliphatic heterocycles. The molecule has 2 fully saturated rings. The first-order valence-corrected chi connectivity index (χ1v) is 7.25. The molecule has 3 nitrogen and oxygen atoms in total. The van der Waals surface area contributed by atoms with Gasteiger partial charge in [-0.1, -0.05) is 12.8 Å². The minimum atomic E-state index is 0.241. The van der Waals surface area contributed by atoms with Gasteiger partial charge in [0.05, 0.1) is 12.2 Å².